The van der Waals surface area contributed by atoms with Crippen LogP contribution in [0.15, 0.2) is 24.3 Å². The Morgan fingerprint density at radius 3 is 2.65 bits per heavy atom. The van der Waals surface area contributed by atoms with Gasteiger partial charge in [0.1, 0.15) is 5.82 Å². The van der Waals surface area contributed by atoms with E-state index in [1.807, 2.05) is 0 Å². The molecule has 0 radical (unpaired) electrons. The Hall–Kier alpha value is -2.11. The van der Waals surface area contributed by atoms with Crippen LogP contribution in [-0.4, -0.2) is 30.6 Å². The van der Waals surface area contributed by atoms with Crippen molar-refractivity contribution in [3.05, 3.63) is 30.1 Å². The third-order valence-electron chi connectivity index (χ3n) is 5.30. The Labute approximate surface area is 154 Å². The predicted octanol–water partition coefficient (Wildman–Crippen LogP) is 3.45. The lowest BCUT2D eigenvalue weighted by atomic mass is 9.71. The second-order valence-electron chi connectivity index (χ2n) is 8.61. The van der Waals surface area contributed by atoms with Crippen LogP contribution in [0.5, 0.6) is 0 Å². The number of carbonyl (C=O) groups is 2. The van der Waals surface area contributed by atoms with Crippen LogP contribution in [0, 0.1) is 17.2 Å². The minimum absolute atomic E-state index is 0.103. The van der Waals surface area contributed by atoms with Crippen molar-refractivity contribution in [2.45, 2.75) is 58.5 Å². The maximum atomic E-state index is 13.4. The lowest BCUT2D eigenvalue weighted by Crippen LogP contribution is -2.50. The summed E-state index contributed by atoms with van der Waals surface area (Å²) in [5.41, 5.74) is 0.759. The number of nitrogens with one attached hydrogen (secondary N) is 2. The first-order chi connectivity index (χ1) is 12.2. The summed E-state index contributed by atoms with van der Waals surface area (Å²) in [7, 11) is 0. The molecular formula is C20H28FN3O2. The van der Waals surface area contributed by atoms with Crippen molar-refractivity contribution in [2.24, 2.45) is 11.3 Å². The molecule has 5 nitrogen and oxygen atoms in total. The Morgan fingerprint density at radius 1 is 1.23 bits per heavy atom. The summed E-state index contributed by atoms with van der Waals surface area (Å²) in [5, 5.41) is 5.98. The monoisotopic (exact) mass is 361 g/mol. The summed E-state index contributed by atoms with van der Waals surface area (Å²) in [6, 6.07) is 5.64. The van der Waals surface area contributed by atoms with Crippen LogP contribution in [0.4, 0.5) is 14.9 Å². The fraction of sp³-hybridized carbons (Fsp3) is 0.600. The largest absolute Gasteiger partial charge is 0.335 e. The molecule has 26 heavy (non-hydrogen) atoms. The van der Waals surface area contributed by atoms with Gasteiger partial charge in [0.25, 0.3) is 0 Å². The Morgan fingerprint density at radius 2 is 1.96 bits per heavy atom. The zero-order chi connectivity index (χ0) is 18.9. The van der Waals surface area contributed by atoms with Crippen molar-refractivity contribution >= 4 is 17.6 Å². The van der Waals surface area contributed by atoms with Gasteiger partial charge in [-0.2, -0.15) is 0 Å². The molecule has 142 valence electrons. The number of amides is 3. The molecule has 1 aromatic rings. The highest BCUT2D eigenvalue weighted by Crippen LogP contribution is 2.38. The zero-order valence-electron chi connectivity index (χ0n) is 15.7. The topological polar surface area (TPSA) is 61.4 Å². The van der Waals surface area contributed by atoms with Gasteiger partial charge in [-0.05, 0) is 48.8 Å². The van der Waals surface area contributed by atoms with Crippen LogP contribution in [0.3, 0.4) is 0 Å². The van der Waals surface area contributed by atoms with Crippen LogP contribution in [0.25, 0.3) is 0 Å². The number of halogens is 1. The summed E-state index contributed by atoms with van der Waals surface area (Å²) in [6.07, 6.45) is 3.35. The molecule has 0 unspecified atom stereocenters. The minimum atomic E-state index is -0.376. The van der Waals surface area contributed by atoms with Crippen LogP contribution in [-0.2, 0) is 4.79 Å². The summed E-state index contributed by atoms with van der Waals surface area (Å²) >= 11 is 0. The first-order valence-electron chi connectivity index (χ1n) is 9.35. The lowest BCUT2D eigenvalue weighted by Gasteiger charge is -2.39. The van der Waals surface area contributed by atoms with Gasteiger partial charge in [-0.1, -0.05) is 26.8 Å². The Balaban J connectivity index is 1.55. The number of hydrogen-bond donors (Lipinski definition) is 2. The van der Waals surface area contributed by atoms with E-state index in [0.717, 1.165) is 12.8 Å². The average Bonchev–Trinajstić information content (AvgIpc) is 2.85. The molecule has 2 fully saturated rings. The third kappa shape index (κ3) is 4.54. The second-order valence-corrected chi connectivity index (χ2v) is 8.61. The predicted molar refractivity (Wildman–Crippen MR) is 99.4 cm³/mol. The van der Waals surface area contributed by atoms with Crippen molar-refractivity contribution in [3.63, 3.8) is 0 Å². The van der Waals surface area contributed by atoms with E-state index in [-0.39, 0.29) is 41.7 Å². The number of anilines is 1. The standard InChI is InChI=1S/C20H28FN3O2/c1-13-7-15(11-20(2,3)10-13)22-19(26)23-16-9-18(25)24(12-16)17-6-4-5-14(21)8-17/h4-6,8,13,15-16H,7,9-12H2,1-3H3,(H2,22,23,26)/t13-,15-,16+/m0/s1. The Bertz CT molecular complexity index is 691. The van der Waals surface area contributed by atoms with Gasteiger partial charge in [0, 0.05) is 24.7 Å². The molecule has 1 saturated carbocycles. The van der Waals surface area contributed by atoms with E-state index in [1.165, 1.54) is 23.5 Å². The van der Waals surface area contributed by atoms with Crippen molar-refractivity contribution < 1.29 is 14.0 Å². The van der Waals surface area contributed by atoms with Gasteiger partial charge in [-0.3, -0.25) is 4.79 Å². The van der Waals surface area contributed by atoms with E-state index in [9.17, 15) is 14.0 Å². The van der Waals surface area contributed by atoms with Crippen LogP contribution in [0.2, 0.25) is 0 Å². The van der Waals surface area contributed by atoms with E-state index in [4.69, 9.17) is 0 Å². The van der Waals surface area contributed by atoms with Gasteiger partial charge in [-0.25, -0.2) is 9.18 Å². The SMILES string of the molecule is C[C@H]1C[C@H](NC(=O)N[C@@H]2CC(=O)N(c3cccc(F)c3)C2)CC(C)(C)C1. The molecule has 0 bridgehead atoms. The maximum Gasteiger partial charge on any atom is 0.315 e. The van der Waals surface area contributed by atoms with Crippen molar-refractivity contribution in [2.75, 3.05) is 11.4 Å². The van der Waals surface area contributed by atoms with Crippen molar-refractivity contribution in [3.8, 4) is 0 Å². The number of urea groups is 1. The van der Waals surface area contributed by atoms with Crippen molar-refractivity contribution in [1.29, 1.82) is 0 Å². The lowest BCUT2D eigenvalue weighted by molar-refractivity contribution is -0.117. The van der Waals surface area contributed by atoms with Crippen LogP contribution < -0.4 is 15.5 Å². The zero-order valence-corrected chi connectivity index (χ0v) is 15.7. The molecule has 1 aromatic carbocycles. The van der Waals surface area contributed by atoms with Crippen LogP contribution >= 0.6 is 0 Å². The van der Waals surface area contributed by atoms with Crippen LogP contribution in [0.1, 0.15) is 46.5 Å². The summed E-state index contributed by atoms with van der Waals surface area (Å²) in [4.78, 5) is 26.1. The molecule has 3 atom stereocenters. The first-order valence-corrected chi connectivity index (χ1v) is 9.35. The molecule has 3 rings (SSSR count). The molecule has 1 aliphatic heterocycles. The van der Waals surface area contributed by atoms with Gasteiger partial charge in [0.15, 0.2) is 0 Å². The molecule has 3 amide bonds. The highest BCUT2D eigenvalue weighted by molar-refractivity contribution is 5.96. The molecule has 0 spiro atoms. The quantitative estimate of drug-likeness (QED) is 0.866. The van der Waals surface area contributed by atoms with E-state index in [1.54, 1.807) is 12.1 Å². The molecular weight excluding hydrogens is 333 g/mol. The van der Waals surface area contributed by atoms with Crippen molar-refractivity contribution in [1.82, 2.24) is 10.6 Å². The number of nitrogens with zero attached hydrogens (tertiary/aromatic N) is 1. The summed E-state index contributed by atoms with van der Waals surface area (Å²) in [5.74, 6) is 0.104. The molecule has 1 saturated heterocycles. The van der Waals surface area contributed by atoms with Gasteiger partial charge >= 0.3 is 6.03 Å². The Kier molecular flexibility index (Phi) is 5.21. The van der Waals surface area contributed by atoms with Gasteiger partial charge in [0.05, 0.1) is 6.04 Å². The van der Waals surface area contributed by atoms with Gasteiger partial charge in [0.2, 0.25) is 5.91 Å². The number of hydrogen-bond acceptors (Lipinski definition) is 2. The first kappa shape index (κ1) is 18.7. The molecule has 0 aromatic heterocycles. The smallest absolute Gasteiger partial charge is 0.315 e. The average molecular weight is 361 g/mol. The normalized spacial score (nSPS) is 28.1. The van der Waals surface area contributed by atoms with E-state index in [0.29, 0.717) is 18.2 Å². The molecule has 2 aliphatic rings. The molecule has 1 heterocycles. The number of carbonyl (C=O) groups excluding carboxylic acids is 2. The van der Waals surface area contributed by atoms with E-state index >= 15 is 0 Å². The third-order valence-corrected chi connectivity index (χ3v) is 5.30. The van der Waals surface area contributed by atoms with E-state index in [2.05, 4.69) is 31.4 Å². The van der Waals surface area contributed by atoms with E-state index < -0.39 is 0 Å². The fourth-order valence-corrected chi connectivity index (χ4v) is 4.57. The highest BCUT2D eigenvalue weighted by atomic mass is 19.1. The van der Waals surface area contributed by atoms with Gasteiger partial charge in [-0.15, -0.1) is 0 Å². The molecule has 6 heteroatoms. The number of benzene rings is 1. The maximum absolute atomic E-state index is 13.4. The van der Waals surface area contributed by atoms with Gasteiger partial charge < -0.3 is 15.5 Å². The summed E-state index contributed by atoms with van der Waals surface area (Å²) < 4.78 is 13.4. The summed E-state index contributed by atoms with van der Waals surface area (Å²) in [6.45, 7) is 7.06. The molecule has 2 N–H and O–H groups in total. The fourth-order valence-electron chi connectivity index (χ4n) is 4.57. The highest BCUT2D eigenvalue weighted by Gasteiger charge is 2.35. The molecule has 1 aliphatic carbocycles. The number of rotatable bonds is 3. The minimum Gasteiger partial charge on any atom is -0.335 e. The second kappa shape index (κ2) is 7.25.